The van der Waals surface area contributed by atoms with Crippen molar-refractivity contribution in [1.29, 1.82) is 0 Å². The Morgan fingerprint density at radius 1 is 1.18 bits per heavy atom. The van der Waals surface area contributed by atoms with Crippen LogP contribution in [0.5, 0.6) is 0 Å². The Morgan fingerprint density at radius 2 is 1.82 bits per heavy atom. The third-order valence-corrected chi connectivity index (χ3v) is 2.36. The molecule has 0 fully saturated rings. The van der Waals surface area contributed by atoms with Gasteiger partial charge in [0.2, 0.25) is 0 Å². The van der Waals surface area contributed by atoms with Gasteiger partial charge in [-0.1, -0.05) is 0 Å². The van der Waals surface area contributed by atoms with E-state index < -0.39 is 6.07 Å². The SMILES string of the molecule is O=P(Cl)(Cl)OCCCCCCl. The van der Waals surface area contributed by atoms with E-state index in [4.69, 9.17) is 34.1 Å². The van der Waals surface area contributed by atoms with Crippen molar-refractivity contribution in [2.45, 2.75) is 19.3 Å². The molecule has 6 heteroatoms. The maximum absolute atomic E-state index is 10.5. The topological polar surface area (TPSA) is 26.3 Å². The highest BCUT2D eigenvalue weighted by atomic mass is 35.9. The van der Waals surface area contributed by atoms with Crippen LogP contribution >= 0.6 is 40.2 Å². The van der Waals surface area contributed by atoms with Crippen molar-refractivity contribution in [3.63, 3.8) is 0 Å². The molecule has 0 radical (unpaired) electrons. The molecular formula is C5H10Cl3O2P. The van der Waals surface area contributed by atoms with Crippen LogP contribution in [0.15, 0.2) is 0 Å². The van der Waals surface area contributed by atoms with Crippen molar-refractivity contribution >= 4 is 40.2 Å². The minimum absolute atomic E-state index is 0.334. The quantitative estimate of drug-likeness (QED) is 0.398. The third-order valence-electron chi connectivity index (χ3n) is 1.02. The summed E-state index contributed by atoms with van der Waals surface area (Å²) in [5.41, 5.74) is 0. The van der Waals surface area contributed by atoms with Gasteiger partial charge in [0.1, 0.15) is 0 Å². The molecule has 0 bridgehead atoms. The fourth-order valence-corrected chi connectivity index (χ4v) is 1.49. The Hall–Kier alpha value is 1.06. The van der Waals surface area contributed by atoms with Crippen LogP contribution in [0.25, 0.3) is 0 Å². The van der Waals surface area contributed by atoms with E-state index in [-0.39, 0.29) is 0 Å². The highest BCUT2D eigenvalue weighted by Gasteiger charge is 2.12. The van der Waals surface area contributed by atoms with Gasteiger partial charge in [0.05, 0.1) is 6.61 Å². The molecule has 0 aliphatic carbocycles. The lowest BCUT2D eigenvalue weighted by molar-refractivity contribution is 0.322. The summed E-state index contributed by atoms with van der Waals surface area (Å²) >= 11 is 15.7. The van der Waals surface area contributed by atoms with E-state index in [1.54, 1.807) is 0 Å². The van der Waals surface area contributed by atoms with E-state index in [0.717, 1.165) is 19.3 Å². The van der Waals surface area contributed by atoms with Crippen molar-refractivity contribution < 1.29 is 9.09 Å². The lowest BCUT2D eigenvalue weighted by Gasteiger charge is -2.02. The lowest BCUT2D eigenvalue weighted by Crippen LogP contribution is -1.87. The summed E-state index contributed by atoms with van der Waals surface area (Å²) < 4.78 is 15.1. The molecule has 0 unspecified atom stereocenters. The number of halogens is 3. The van der Waals surface area contributed by atoms with Gasteiger partial charge in [-0.15, -0.1) is 11.6 Å². The van der Waals surface area contributed by atoms with Gasteiger partial charge in [-0.3, -0.25) is 4.57 Å². The first-order chi connectivity index (χ1) is 5.06. The Kier molecular flexibility index (Phi) is 7.19. The first kappa shape index (κ1) is 12.1. The summed E-state index contributed by atoms with van der Waals surface area (Å²) in [6.45, 7) is 0.334. The first-order valence-electron chi connectivity index (χ1n) is 3.26. The van der Waals surface area contributed by atoms with Gasteiger partial charge in [-0.25, -0.2) is 0 Å². The summed E-state index contributed by atoms with van der Waals surface area (Å²) in [7, 11) is 0. The van der Waals surface area contributed by atoms with E-state index in [9.17, 15) is 4.57 Å². The smallest absolute Gasteiger partial charge is 0.306 e. The van der Waals surface area contributed by atoms with Gasteiger partial charge in [-0.2, -0.15) is 0 Å². The minimum atomic E-state index is -3.30. The van der Waals surface area contributed by atoms with Gasteiger partial charge in [-0.05, 0) is 41.7 Å². The van der Waals surface area contributed by atoms with Gasteiger partial charge >= 0.3 is 6.07 Å². The molecule has 0 N–H and O–H groups in total. The van der Waals surface area contributed by atoms with Crippen LogP contribution in [0, 0.1) is 0 Å². The maximum Gasteiger partial charge on any atom is 0.380 e. The molecule has 0 aliphatic heterocycles. The van der Waals surface area contributed by atoms with Crippen molar-refractivity contribution in [3.8, 4) is 0 Å². The average Bonchev–Trinajstić information content (AvgIpc) is 1.85. The number of unbranched alkanes of at least 4 members (excludes halogenated alkanes) is 2. The van der Waals surface area contributed by atoms with Crippen molar-refractivity contribution in [2.75, 3.05) is 12.5 Å². The Morgan fingerprint density at radius 3 is 2.27 bits per heavy atom. The first-order valence-corrected chi connectivity index (χ1v) is 7.23. The second-order valence-corrected chi connectivity index (χ2v) is 6.65. The fraction of sp³-hybridized carbons (Fsp3) is 1.00. The van der Waals surface area contributed by atoms with Crippen LogP contribution in [-0.2, 0) is 9.09 Å². The van der Waals surface area contributed by atoms with Gasteiger partial charge in [0, 0.05) is 5.88 Å². The van der Waals surface area contributed by atoms with Crippen molar-refractivity contribution in [1.82, 2.24) is 0 Å². The highest BCUT2D eigenvalue weighted by Crippen LogP contribution is 2.57. The largest absolute Gasteiger partial charge is 0.380 e. The maximum atomic E-state index is 10.5. The summed E-state index contributed by atoms with van der Waals surface area (Å²) in [5, 5.41) is 0. The summed E-state index contributed by atoms with van der Waals surface area (Å²) in [5.74, 6) is 0.638. The van der Waals surface area contributed by atoms with Crippen LogP contribution in [0.4, 0.5) is 0 Å². The van der Waals surface area contributed by atoms with Gasteiger partial charge in [0.15, 0.2) is 0 Å². The molecule has 2 nitrogen and oxygen atoms in total. The molecule has 0 heterocycles. The zero-order valence-corrected chi connectivity index (χ0v) is 9.10. The monoisotopic (exact) mass is 238 g/mol. The number of alkyl halides is 1. The molecule has 0 atom stereocenters. The number of rotatable bonds is 6. The normalized spacial score (nSPS) is 11.9. The predicted octanol–water partition coefficient (Wildman–Crippen LogP) is 4.00. The Balaban J connectivity index is 3.09. The van der Waals surface area contributed by atoms with E-state index in [2.05, 4.69) is 4.52 Å². The van der Waals surface area contributed by atoms with Crippen molar-refractivity contribution in [3.05, 3.63) is 0 Å². The molecule has 0 aliphatic rings. The predicted molar refractivity (Wildman–Crippen MR) is 49.8 cm³/mol. The molecule has 68 valence electrons. The van der Waals surface area contributed by atoms with Crippen LogP contribution < -0.4 is 0 Å². The highest BCUT2D eigenvalue weighted by molar-refractivity contribution is 8.05. The molecule has 0 rings (SSSR count). The van der Waals surface area contributed by atoms with E-state index >= 15 is 0 Å². The molecule has 0 aromatic carbocycles. The van der Waals surface area contributed by atoms with Crippen LogP contribution in [-0.4, -0.2) is 12.5 Å². The second kappa shape index (κ2) is 6.56. The molecular weight excluding hydrogens is 229 g/mol. The van der Waals surface area contributed by atoms with Crippen LogP contribution in [0.2, 0.25) is 0 Å². The van der Waals surface area contributed by atoms with Gasteiger partial charge < -0.3 is 4.52 Å². The van der Waals surface area contributed by atoms with E-state index in [1.165, 1.54) is 0 Å². The Labute approximate surface area is 81.2 Å². The van der Waals surface area contributed by atoms with E-state index in [0.29, 0.717) is 12.5 Å². The fourth-order valence-electron chi connectivity index (χ4n) is 0.544. The molecule has 0 aromatic rings. The molecule has 0 spiro atoms. The molecule has 0 saturated carbocycles. The standard InChI is InChI=1S/C5H10Cl3O2P/c6-4-2-1-3-5-10-11(7,8)9/h1-5H2. The Bertz CT molecular complexity index is 136. The van der Waals surface area contributed by atoms with Crippen LogP contribution in [0.1, 0.15) is 19.3 Å². The van der Waals surface area contributed by atoms with E-state index in [1.807, 2.05) is 0 Å². The average molecular weight is 239 g/mol. The van der Waals surface area contributed by atoms with Crippen molar-refractivity contribution in [2.24, 2.45) is 0 Å². The lowest BCUT2D eigenvalue weighted by atomic mass is 10.3. The summed E-state index contributed by atoms with van der Waals surface area (Å²) in [6, 6.07) is 0. The molecule has 0 aromatic heterocycles. The minimum Gasteiger partial charge on any atom is -0.306 e. The second-order valence-electron chi connectivity index (χ2n) is 2.00. The molecule has 0 amide bonds. The molecule has 0 saturated heterocycles. The zero-order chi connectivity index (χ0) is 8.74. The van der Waals surface area contributed by atoms with Crippen LogP contribution in [0.3, 0.4) is 0 Å². The van der Waals surface area contributed by atoms with Gasteiger partial charge in [0.25, 0.3) is 0 Å². The number of hydrogen-bond acceptors (Lipinski definition) is 2. The summed E-state index contributed by atoms with van der Waals surface area (Å²) in [4.78, 5) is 0. The summed E-state index contributed by atoms with van der Waals surface area (Å²) in [6.07, 6.45) is -0.643. The number of hydrogen-bond donors (Lipinski definition) is 0. The third kappa shape index (κ3) is 11.1. The molecule has 11 heavy (non-hydrogen) atoms. The zero-order valence-electron chi connectivity index (χ0n) is 5.93.